The van der Waals surface area contributed by atoms with E-state index in [-0.39, 0.29) is 17.5 Å². The smallest absolute Gasteiger partial charge is 0.286 e. The van der Waals surface area contributed by atoms with Crippen LogP contribution in [0.3, 0.4) is 0 Å². The molecule has 0 radical (unpaired) electrons. The van der Waals surface area contributed by atoms with Crippen molar-refractivity contribution < 1.29 is 14.3 Å². The van der Waals surface area contributed by atoms with Crippen molar-refractivity contribution in [1.82, 2.24) is 20.4 Å². The summed E-state index contributed by atoms with van der Waals surface area (Å²) in [6.07, 6.45) is 3.70. The van der Waals surface area contributed by atoms with Gasteiger partial charge in [-0.2, -0.15) is 0 Å². The number of benzene rings is 2. The van der Waals surface area contributed by atoms with Crippen LogP contribution < -0.4 is 15.4 Å². The van der Waals surface area contributed by atoms with Crippen LogP contribution in [-0.4, -0.2) is 52.6 Å². The molecule has 1 aliphatic heterocycles. The number of anilines is 1. The van der Waals surface area contributed by atoms with Gasteiger partial charge in [-0.1, -0.05) is 35.4 Å². The minimum atomic E-state index is -0.392. The molecular formula is C25H28ClN5O3S. The van der Waals surface area contributed by atoms with E-state index in [2.05, 4.69) is 32.7 Å². The zero-order chi connectivity index (χ0) is 24.6. The van der Waals surface area contributed by atoms with E-state index >= 15 is 0 Å². The Balaban J connectivity index is 1.27. The molecule has 35 heavy (non-hydrogen) atoms. The van der Waals surface area contributed by atoms with Gasteiger partial charge in [-0.05, 0) is 68.8 Å². The van der Waals surface area contributed by atoms with Gasteiger partial charge in [0.1, 0.15) is 12.4 Å². The molecule has 184 valence electrons. The van der Waals surface area contributed by atoms with Gasteiger partial charge in [-0.3, -0.25) is 14.5 Å². The molecule has 0 spiro atoms. The van der Waals surface area contributed by atoms with Crippen LogP contribution >= 0.6 is 22.9 Å². The van der Waals surface area contributed by atoms with E-state index in [1.807, 2.05) is 0 Å². The highest BCUT2D eigenvalue weighted by Gasteiger charge is 2.18. The lowest BCUT2D eigenvalue weighted by Crippen LogP contribution is -2.42. The Morgan fingerprint density at radius 3 is 2.77 bits per heavy atom. The fourth-order valence-corrected chi connectivity index (χ4v) is 4.68. The number of rotatable bonds is 9. The maximum atomic E-state index is 12.6. The Bertz CT molecular complexity index is 1150. The van der Waals surface area contributed by atoms with Gasteiger partial charge in [0.05, 0.1) is 0 Å². The molecule has 1 aromatic heterocycles. The maximum Gasteiger partial charge on any atom is 0.286 e. The van der Waals surface area contributed by atoms with Gasteiger partial charge in [0.15, 0.2) is 5.01 Å². The first-order chi connectivity index (χ1) is 17.0. The molecular weight excluding hydrogens is 486 g/mol. The van der Waals surface area contributed by atoms with E-state index in [0.717, 1.165) is 24.4 Å². The van der Waals surface area contributed by atoms with Gasteiger partial charge >= 0.3 is 0 Å². The van der Waals surface area contributed by atoms with Crippen molar-refractivity contribution in [3.63, 3.8) is 0 Å². The standard InChI is InChI=1S/C25H28ClN5O3S/c1-17-5-2-3-13-31(17)14-12-27-23(32)18-6-4-7-20(15-18)28-24(33)25-30-29-22(35-25)16-34-21-10-8-19(26)9-11-21/h4,6-11,15,17H,2-3,5,12-14,16H2,1H3,(H,27,32)(H,28,33)/t17-/m1/s1. The van der Waals surface area contributed by atoms with Crippen LogP contribution in [0.4, 0.5) is 5.69 Å². The van der Waals surface area contributed by atoms with Crippen molar-refractivity contribution in [2.75, 3.05) is 25.0 Å². The molecule has 1 fully saturated rings. The van der Waals surface area contributed by atoms with E-state index in [4.69, 9.17) is 16.3 Å². The van der Waals surface area contributed by atoms with Crippen molar-refractivity contribution in [3.05, 3.63) is 69.1 Å². The average molecular weight is 514 g/mol. The maximum absolute atomic E-state index is 12.6. The summed E-state index contributed by atoms with van der Waals surface area (Å²) in [5.41, 5.74) is 1.00. The van der Waals surface area contributed by atoms with E-state index in [9.17, 15) is 9.59 Å². The molecule has 10 heteroatoms. The quantitative estimate of drug-likeness (QED) is 0.433. The molecule has 1 saturated heterocycles. The van der Waals surface area contributed by atoms with E-state index in [0.29, 0.717) is 39.6 Å². The van der Waals surface area contributed by atoms with Crippen LogP contribution in [0, 0.1) is 0 Å². The summed E-state index contributed by atoms with van der Waals surface area (Å²) in [7, 11) is 0. The number of ether oxygens (including phenoxy) is 1. The number of hydrogen-bond donors (Lipinski definition) is 2. The number of amides is 2. The monoisotopic (exact) mass is 513 g/mol. The van der Waals surface area contributed by atoms with Crippen LogP contribution in [0.25, 0.3) is 0 Å². The Kier molecular flexibility index (Phi) is 8.68. The number of nitrogens with one attached hydrogen (secondary N) is 2. The number of nitrogens with zero attached hydrogens (tertiary/aromatic N) is 3. The van der Waals surface area contributed by atoms with Gasteiger partial charge in [0.2, 0.25) is 5.01 Å². The first kappa shape index (κ1) is 25.1. The number of aromatic nitrogens is 2. The highest BCUT2D eigenvalue weighted by Crippen LogP contribution is 2.19. The lowest BCUT2D eigenvalue weighted by Gasteiger charge is -2.33. The highest BCUT2D eigenvalue weighted by atomic mass is 35.5. The van der Waals surface area contributed by atoms with Gasteiger partial charge in [-0.15, -0.1) is 10.2 Å². The van der Waals surface area contributed by atoms with Crippen molar-refractivity contribution in [2.24, 2.45) is 0 Å². The molecule has 0 saturated carbocycles. The Hall–Kier alpha value is -3.01. The summed E-state index contributed by atoms with van der Waals surface area (Å²) in [6.45, 7) is 4.94. The lowest BCUT2D eigenvalue weighted by atomic mass is 10.0. The number of carbonyl (C=O) groups is 2. The van der Waals surface area contributed by atoms with E-state index in [1.165, 1.54) is 19.3 Å². The minimum absolute atomic E-state index is 0.164. The topological polar surface area (TPSA) is 96.5 Å². The number of likely N-dealkylation sites (tertiary alicyclic amines) is 1. The van der Waals surface area contributed by atoms with Gasteiger partial charge in [0, 0.05) is 35.4 Å². The van der Waals surface area contributed by atoms with Crippen LogP contribution in [-0.2, 0) is 6.61 Å². The average Bonchev–Trinajstić information content (AvgIpc) is 3.34. The molecule has 3 aromatic rings. The largest absolute Gasteiger partial charge is 0.486 e. The van der Waals surface area contributed by atoms with E-state index < -0.39 is 5.91 Å². The summed E-state index contributed by atoms with van der Waals surface area (Å²) in [4.78, 5) is 27.7. The molecule has 0 aliphatic carbocycles. The third kappa shape index (κ3) is 7.24. The van der Waals surface area contributed by atoms with Crippen LogP contribution in [0.1, 0.15) is 51.4 Å². The predicted molar refractivity (Wildman–Crippen MR) is 137 cm³/mol. The number of carbonyl (C=O) groups excluding carboxylic acids is 2. The lowest BCUT2D eigenvalue weighted by molar-refractivity contribution is 0.0937. The molecule has 1 atom stereocenters. The van der Waals surface area contributed by atoms with Gasteiger partial charge < -0.3 is 15.4 Å². The third-order valence-corrected chi connectivity index (χ3v) is 6.99. The number of halogens is 1. The fourth-order valence-electron chi connectivity index (χ4n) is 3.91. The predicted octanol–water partition coefficient (Wildman–Crippen LogP) is 4.63. The Labute approximate surface area is 213 Å². The highest BCUT2D eigenvalue weighted by molar-refractivity contribution is 7.13. The zero-order valence-electron chi connectivity index (χ0n) is 19.5. The van der Waals surface area contributed by atoms with Crippen molar-refractivity contribution in [1.29, 1.82) is 0 Å². The first-order valence-corrected chi connectivity index (χ1v) is 12.8. The SMILES string of the molecule is C[C@@H]1CCCCN1CCNC(=O)c1cccc(NC(=O)c2nnc(COc3ccc(Cl)cc3)s2)c1. The fraction of sp³-hybridized carbons (Fsp3) is 0.360. The second-order valence-electron chi connectivity index (χ2n) is 8.42. The number of piperidine rings is 1. The molecule has 0 bridgehead atoms. The normalized spacial score (nSPS) is 16.0. The summed E-state index contributed by atoms with van der Waals surface area (Å²) in [6, 6.07) is 14.4. The van der Waals surface area contributed by atoms with Crippen LogP contribution in [0.15, 0.2) is 48.5 Å². The Morgan fingerprint density at radius 2 is 1.97 bits per heavy atom. The third-order valence-electron chi connectivity index (χ3n) is 5.84. The molecule has 2 amide bonds. The molecule has 0 unspecified atom stereocenters. The molecule has 8 nitrogen and oxygen atoms in total. The summed E-state index contributed by atoms with van der Waals surface area (Å²) >= 11 is 7.02. The van der Waals surface area contributed by atoms with Gasteiger partial charge in [-0.25, -0.2) is 0 Å². The second kappa shape index (κ2) is 12.1. The molecule has 2 heterocycles. The van der Waals surface area contributed by atoms with Crippen molar-refractivity contribution in [3.8, 4) is 5.75 Å². The zero-order valence-corrected chi connectivity index (χ0v) is 21.1. The second-order valence-corrected chi connectivity index (χ2v) is 9.91. The molecule has 2 N–H and O–H groups in total. The number of hydrogen-bond acceptors (Lipinski definition) is 7. The van der Waals surface area contributed by atoms with Crippen LogP contribution in [0.5, 0.6) is 5.75 Å². The molecule has 2 aromatic carbocycles. The molecule has 4 rings (SSSR count). The van der Waals surface area contributed by atoms with Crippen molar-refractivity contribution in [2.45, 2.75) is 38.8 Å². The van der Waals surface area contributed by atoms with E-state index in [1.54, 1.807) is 48.5 Å². The summed E-state index contributed by atoms with van der Waals surface area (Å²) < 4.78 is 5.65. The van der Waals surface area contributed by atoms with Gasteiger partial charge in [0.25, 0.3) is 11.8 Å². The summed E-state index contributed by atoms with van der Waals surface area (Å²) in [5, 5.41) is 15.2. The summed E-state index contributed by atoms with van der Waals surface area (Å²) in [5.74, 6) is 0.0938. The van der Waals surface area contributed by atoms with Crippen molar-refractivity contribution >= 4 is 40.4 Å². The minimum Gasteiger partial charge on any atom is -0.486 e. The molecule has 1 aliphatic rings. The van der Waals surface area contributed by atoms with Crippen LogP contribution in [0.2, 0.25) is 5.02 Å². The Morgan fingerprint density at radius 1 is 1.14 bits per heavy atom. The first-order valence-electron chi connectivity index (χ1n) is 11.6.